The summed E-state index contributed by atoms with van der Waals surface area (Å²) in [6, 6.07) is 0. The second-order valence-corrected chi connectivity index (χ2v) is 3.58. The normalized spacial score (nSPS) is 12.0. The maximum Gasteiger partial charge on any atom is 0.182 e. The van der Waals surface area contributed by atoms with Crippen molar-refractivity contribution in [3.8, 4) is 0 Å². The van der Waals surface area contributed by atoms with E-state index < -0.39 is 5.60 Å². The van der Waals surface area contributed by atoms with Crippen LogP contribution in [-0.2, 0) is 16.9 Å². The second-order valence-electron chi connectivity index (χ2n) is 3.58. The van der Waals surface area contributed by atoms with Gasteiger partial charge in [-0.1, -0.05) is 0 Å². The summed E-state index contributed by atoms with van der Waals surface area (Å²) in [6.07, 6.45) is 0.859. The van der Waals surface area contributed by atoms with E-state index in [2.05, 4.69) is 15.5 Å². The third kappa shape index (κ3) is 2.27. The monoisotopic (exact) mass is 199 g/mol. The van der Waals surface area contributed by atoms with Crippen LogP contribution in [0.1, 0.15) is 26.1 Å². The number of hydrogen-bond acceptors (Lipinski definition) is 5. The summed E-state index contributed by atoms with van der Waals surface area (Å²) in [5.74, 6) is 0.730. The van der Waals surface area contributed by atoms with Gasteiger partial charge in [0.05, 0.1) is 0 Å². The smallest absolute Gasteiger partial charge is 0.182 e. The molecule has 0 fully saturated rings. The lowest BCUT2D eigenvalue weighted by Gasteiger charge is -2.21. The molecule has 0 atom stereocenters. The minimum absolute atomic E-state index is 0.460. The van der Waals surface area contributed by atoms with Crippen molar-refractivity contribution >= 4 is 0 Å². The van der Waals surface area contributed by atoms with E-state index in [-0.39, 0.29) is 0 Å². The number of hydrogen-bond donors (Lipinski definition) is 1. The highest BCUT2D eigenvalue weighted by Gasteiger charge is 2.26. The average Bonchev–Trinajstić information content (AvgIpc) is 2.63. The molecule has 80 valence electrons. The Kier molecular flexibility index (Phi) is 3.54. The van der Waals surface area contributed by atoms with Gasteiger partial charge in [0.15, 0.2) is 5.82 Å². The largest absolute Gasteiger partial charge is 0.371 e. The van der Waals surface area contributed by atoms with E-state index in [1.807, 2.05) is 13.8 Å². The van der Waals surface area contributed by atoms with Crippen LogP contribution < -0.4 is 5.73 Å². The molecule has 0 radical (unpaired) electrons. The highest BCUT2D eigenvalue weighted by molar-refractivity contribution is 4.95. The summed E-state index contributed by atoms with van der Waals surface area (Å²) in [5.41, 5.74) is 4.96. The Morgan fingerprint density at radius 3 is 2.79 bits per heavy atom. The summed E-state index contributed by atoms with van der Waals surface area (Å²) in [4.78, 5) is 0. The third-order valence-corrected chi connectivity index (χ3v) is 2.15. The Morgan fingerprint density at radius 1 is 1.50 bits per heavy atom. The number of aryl methyl sites for hydroxylation is 1. The lowest BCUT2D eigenvalue weighted by Crippen LogP contribution is -2.26. The first-order valence-electron chi connectivity index (χ1n) is 4.63. The van der Waals surface area contributed by atoms with Gasteiger partial charge in [-0.2, -0.15) is 0 Å². The van der Waals surface area contributed by atoms with Gasteiger partial charge in [0.1, 0.15) is 5.60 Å². The van der Waals surface area contributed by atoms with Crippen molar-refractivity contribution in [1.82, 2.24) is 20.2 Å². The lowest BCUT2D eigenvalue weighted by molar-refractivity contribution is 0.00740. The zero-order valence-electron chi connectivity index (χ0n) is 8.90. The van der Waals surface area contributed by atoms with Gasteiger partial charge in [0, 0.05) is 13.7 Å². The Labute approximate surface area is 83.4 Å². The van der Waals surface area contributed by atoms with Crippen molar-refractivity contribution in [3.63, 3.8) is 0 Å². The molecule has 0 unspecified atom stereocenters. The molecule has 0 aromatic carbocycles. The molecule has 0 aliphatic carbocycles. The molecule has 0 spiro atoms. The minimum Gasteiger partial charge on any atom is -0.371 e. The van der Waals surface area contributed by atoms with Crippen LogP contribution in [0.3, 0.4) is 0 Å². The highest BCUT2D eigenvalue weighted by Crippen LogP contribution is 2.20. The molecule has 1 aromatic heterocycles. The van der Waals surface area contributed by atoms with E-state index >= 15 is 0 Å². The number of tetrazole rings is 1. The Morgan fingerprint density at radius 2 is 2.21 bits per heavy atom. The van der Waals surface area contributed by atoms with Gasteiger partial charge in [-0.25, -0.2) is 4.68 Å². The van der Waals surface area contributed by atoms with Crippen LogP contribution in [0.4, 0.5) is 0 Å². The van der Waals surface area contributed by atoms with Crippen LogP contribution in [-0.4, -0.2) is 33.9 Å². The van der Waals surface area contributed by atoms with Crippen molar-refractivity contribution in [2.24, 2.45) is 5.73 Å². The van der Waals surface area contributed by atoms with Crippen molar-refractivity contribution in [2.75, 3.05) is 13.7 Å². The zero-order valence-corrected chi connectivity index (χ0v) is 8.90. The molecule has 1 rings (SSSR count). The van der Waals surface area contributed by atoms with Gasteiger partial charge < -0.3 is 10.5 Å². The lowest BCUT2D eigenvalue weighted by atomic mass is 10.1. The molecule has 0 bridgehead atoms. The summed E-state index contributed by atoms with van der Waals surface area (Å²) < 4.78 is 7.04. The van der Waals surface area contributed by atoms with Crippen LogP contribution in [0.5, 0.6) is 0 Å². The molecular formula is C8H17N5O. The highest BCUT2D eigenvalue weighted by atomic mass is 16.5. The fraction of sp³-hybridized carbons (Fsp3) is 0.875. The van der Waals surface area contributed by atoms with Gasteiger partial charge in [-0.3, -0.25) is 0 Å². The number of ether oxygens (including phenoxy) is 1. The van der Waals surface area contributed by atoms with E-state index in [4.69, 9.17) is 10.5 Å². The van der Waals surface area contributed by atoms with Crippen LogP contribution in [0.25, 0.3) is 0 Å². The van der Waals surface area contributed by atoms with E-state index in [1.54, 1.807) is 11.8 Å². The van der Waals surface area contributed by atoms with Gasteiger partial charge >= 0.3 is 0 Å². The predicted octanol–water partition coefficient (Wildman–Crippen LogP) is -0.0966. The van der Waals surface area contributed by atoms with Crippen LogP contribution >= 0.6 is 0 Å². The second kappa shape index (κ2) is 4.47. The standard InChI is InChI=1S/C8H17N5O/c1-8(2,14-3)7-10-11-12-13(7)6-4-5-9/h4-6,9H2,1-3H3. The molecule has 14 heavy (non-hydrogen) atoms. The first-order valence-corrected chi connectivity index (χ1v) is 4.63. The Hall–Kier alpha value is -1.01. The summed E-state index contributed by atoms with van der Waals surface area (Å²) >= 11 is 0. The quantitative estimate of drug-likeness (QED) is 0.716. The summed E-state index contributed by atoms with van der Waals surface area (Å²) in [5, 5.41) is 11.5. The van der Waals surface area contributed by atoms with Crippen LogP contribution in [0.15, 0.2) is 0 Å². The zero-order chi connectivity index (χ0) is 10.6. The van der Waals surface area contributed by atoms with E-state index in [1.165, 1.54) is 0 Å². The van der Waals surface area contributed by atoms with Crippen molar-refractivity contribution in [1.29, 1.82) is 0 Å². The van der Waals surface area contributed by atoms with Gasteiger partial charge in [-0.15, -0.1) is 5.10 Å². The first kappa shape index (κ1) is 11.1. The SMILES string of the molecule is COC(C)(C)c1nnnn1CCCN. The number of methoxy groups -OCH3 is 1. The molecule has 6 heteroatoms. The Bertz CT molecular complexity index is 283. The topological polar surface area (TPSA) is 78.9 Å². The number of aromatic nitrogens is 4. The average molecular weight is 199 g/mol. The first-order chi connectivity index (χ1) is 6.61. The van der Waals surface area contributed by atoms with E-state index in [9.17, 15) is 0 Å². The van der Waals surface area contributed by atoms with Crippen LogP contribution in [0.2, 0.25) is 0 Å². The molecule has 0 aliphatic rings. The predicted molar refractivity (Wildman–Crippen MR) is 51.5 cm³/mol. The van der Waals surface area contributed by atoms with E-state index in [0.717, 1.165) is 18.8 Å². The molecular weight excluding hydrogens is 182 g/mol. The van der Waals surface area contributed by atoms with E-state index in [0.29, 0.717) is 6.54 Å². The molecule has 0 saturated heterocycles. The van der Waals surface area contributed by atoms with Crippen molar-refractivity contribution in [3.05, 3.63) is 5.82 Å². The van der Waals surface area contributed by atoms with Crippen molar-refractivity contribution < 1.29 is 4.74 Å². The molecule has 1 aromatic rings. The summed E-state index contributed by atoms with van der Waals surface area (Å²) in [6.45, 7) is 5.22. The number of rotatable bonds is 5. The molecule has 6 nitrogen and oxygen atoms in total. The van der Waals surface area contributed by atoms with Crippen molar-refractivity contribution in [2.45, 2.75) is 32.4 Å². The van der Waals surface area contributed by atoms with Crippen LogP contribution in [0, 0.1) is 0 Å². The molecule has 0 saturated carbocycles. The molecule has 0 amide bonds. The number of nitrogens with two attached hydrogens (primary N) is 1. The fourth-order valence-electron chi connectivity index (χ4n) is 1.12. The molecule has 1 heterocycles. The molecule has 0 aliphatic heterocycles. The molecule has 2 N–H and O–H groups in total. The maximum absolute atomic E-state index is 5.42. The van der Waals surface area contributed by atoms with Gasteiger partial charge in [-0.05, 0) is 37.2 Å². The number of nitrogens with zero attached hydrogens (tertiary/aromatic N) is 4. The fourth-order valence-corrected chi connectivity index (χ4v) is 1.12. The summed E-state index contributed by atoms with van der Waals surface area (Å²) in [7, 11) is 1.64. The maximum atomic E-state index is 5.42. The Balaban J connectivity index is 2.81. The van der Waals surface area contributed by atoms with Gasteiger partial charge in [0.2, 0.25) is 0 Å². The minimum atomic E-state index is -0.460. The van der Waals surface area contributed by atoms with Gasteiger partial charge in [0.25, 0.3) is 0 Å². The third-order valence-electron chi connectivity index (χ3n) is 2.15.